The van der Waals surface area contributed by atoms with Crippen LogP contribution < -0.4 is 4.74 Å². The van der Waals surface area contributed by atoms with Crippen LogP contribution in [-0.2, 0) is 12.8 Å². The summed E-state index contributed by atoms with van der Waals surface area (Å²) in [5.74, 6) is 1.33. The summed E-state index contributed by atoms with van der Waals surface area (Å²) in [4.78, 5) is 8.21. The topological polar surface area (TPSA) is 35.0 Å². The van der Waals surface area contributed by atoms with Gasteiger partial charge in [-0.25, -0.2) is 9.97 Å². The molecule has 2 aromatic rings. The van der Waals surface area contributed by atoms with Crippen LogP contribution in [0.5, 0.6) is 11.6 Å². The molecule has 0 radical (unpaired) electrons. The van der Waals surface area contributed by atoms with Crippen molar-refractivity contribution in [1.82, 2.24) is 9.97 Å². The second kappa shape index (κ2) is 7.25. The van der Waals surface area contributed by atoms with Gasteiger partial charge in [-0.3, -0.25) is 0 Å². The van der Waals surface area contributed by atoms with Crippen molar-refractivity contribution in [3.63, 3.8) is 0 Å². The molecular formula is C16H19ClN2O. The molecule has 4 heteroatoms. The summed E-state index contributed by atoms with van der Waals surface area (Å²) in [7, 11) is 0. The highest BCUT2D eigenvalue weighted by Gasteiger charge is 2.11. The standard InChI is InChI=1S/C16H19ClN2O/c1-3-5-12-7-9-13(10-8-12)20-16-14(6-4-2)15(17)18-11-19-16/h7-11H,3-6H2,1-2H3. The highest BCUT2D eigenvalue weighted by molar-refractivity contribution is 6.30. The van der Waals surface area contributed by atoms with Gasteiger partial charge < -0.3 is 4.74 Å². The van der Waals surface area contributed by atoms with Gasteiger partial charge in [-0.15, -0.1) is 0 Å². The van der Waals surface area contributed by atoms with E-state index < -0.39 is 0 Å². The average molecular weight is 291 g/mol. The van der Waals surface area contributed by atoms with E-state index in [1.165, 1.54) is 11.9 Å². The first-order valence-corrected chi connectivity index (χ1v) is 7.38. The Kier molecular flexibility index (Phi) is 5.36. The van der Waals surface area contributed by atoms with Crippen molar-refractivity contribution in [3.8, 4) is 11.6 Å². The second-order valence-corrected chi connectivity index (χ2v) is 5.05. The van der Waals surface area contributed by atoms with Crippen molar-refractivity contribution >= 4 is 11.6 Å². The Morgan fingerprint density at radius 1 is 1.00 bits per heavy atom. The van der Waals surface area contributed by atoms with Gasteiger partial charge in [0.15, 0.2) is 0 Å². The minimum absolute atomic E-state index is 0.472. The number of nitrogens with zero attached hydrogens (tertiary/aromatic N) is 2. The first kappa shape index (κ1) is 14.8. The van der Waals surface area contributed by atoms with Crippen molar-refractivity contribution in [1.29, 1.82) is 0 Å². The second-order valence-electron chi connectivity index (χ2n) is 4.69. The molecule has 0 aliphatic heterocycles. The van der Waals surface area contributed by atoms with E-state index in [9.17, 15) is 0 Å². The van der Waals surface area contributed by atoms with Gasteiger partial charge in [0.25, 0.3) is 0 Å². The third-order valence-corrected chi connectivity index (χ3v) is 3.36. The molecule has 1 heterocycles. The molecule has 0 N–H and O–H groups in total. The zero-order valence-electron chi connectivity index (χ0n) is 11.9. The smallest absolute Gasteiger partial charge is 0.226 e. The van der Waals surface area contributed by atoms with Gasteiger partial charge in [-0.1, -0.05) is 50.4 Å². The number of hydrogen-bond acceptors (Lipinski definition) is 3. The van der Waals surface area contributed by atoms with E-state index in [1.54, 1.807) is 0 Å². The first-order valence-electron chi connectivity index (χ1n) is 7.00. The molecule has 2 rings (SSSR count). The summed E-state index contributed by atoms with van der Waals surface area (Å²) in [5, 5.41) is 0.472. The Hall–Kier alpha value is -1.61. The molecule has 1 aromatic heterocycles. The van der Waals surface area contributed by atoms with E-state index >= 15 is 0 Å². The predicted octanol–water partition coefficient (Wildman–Crippen LogP) is 4.83. The Morgan fingerprint density at radius 2 is 1.70 bits per heavy atom. The molecule has 0 atom stereocenters. The number of aryl methyl sites for hydroxylation is 1. The molecule has 0 aliphatic rings. The van der Waals surface area contributed by atoms with Crippen LogP contribution in [0.3, 0.4) is 0 Å². The summed E-state index contributed by atoms with van der Waals surface area (Å²) in [6.07, 6.45) is 5.44. The lowest BCUT2D eigenvalue weighted by Crippen LogP contribution is -1.98. The molecule has 0 spiro atoms. The Morgan fingerprint density at radius 3 is 2.35 bits per heavy atom. The van der Waals surface area contributed by atoms with Gasteiger partial charge in [0.1, 0.15) is 17.2 Å². The van der Waals surface area contributed by atoms with Gasteiger partial charge in [0.05, 0.1) is 5.56 Å². The van der Waals surface area contributed by atoms with Gasteiger partial charge in [0, 0.05) is 0 Å². The van der Waals surface area contributed by atoms with Crippen LogP contribution in [0, 0.1) is 0 Å². The van der Waals surface area contributed by atoms with E-state index in [0.29, 0.717) is 11.0 Å². The molecule has 3 nitrogen and oxygen atoms in total. The minimum Gasteiger partial charge on any atom is -0.439 e. The maximum atomic E-state index is 6.11. The molecule has 0 bridgehead atoms. The lowest BCUT2D eigenvalue weighted by Gasteiger charge is -2.10. The monoisotopic (exact) mass is 290 g/mol. The first-order chi connectivity index (χ1) is 9.74. The summed E-state index contributed by atoms with van der Waals surface area (Å²) in [6, 6.07) is 8.11. The fourth-order valence-corrected chi connectivity index (χ4v) is 2.27. The van der Waals surface area contributed by atoms with E-state index in [4.69, 9.17) is 16.3 Å². The lowest BCUT2D eigenvalue weighted by atomic mass is 10.1. The van der Waals surface area contributed by atoms with Crippen LogP contribution in [0.25, 0.3) is 0 Å². The maximum Gasteiger partial charge on any atom is 0.226 e. The van der Waals surface area contributed by atoms with Crippen molar-refractivity contribution in [3.05, 3.63) is 46.9 Å². The third-order valence-electron chi connectivity index (χ3n) is 3.03. The largest absolute Gasteiger partial charge is 0.439 e. The van der Waals surface area contributed by atoms with Crippen LogP contribution in [0.1, 0.15) is 37.8 Å². The predicted molar refractivity (Wildman–Crippen MR) is 81.5 cm³/mol. The Balaban J connectivity index is 2.19. The molecule has 20 heavy (non-hydrogen) atoms. The number of halogens is 1. The van der Waals surface area contributed by atoms with Crippen molar-refractivity contribution in [2.75, 3.05) is 0 Å². The molecule has 1 aromatic carbocycles. The Labute approximate surface area is 125 Å². The zero-order valence-corrected chi connectivity index (χ0v) is 12.7. The SMILES string of the molecule is CCCc1ccc(Oc2ncnc(Cl)c2CCC)cc1. The van der Waals surface area contributed by atoms with Gasteiger partial charge >= 0.3 is 0 Å². The number of benzene rings is 1. The lowest BCUT2D eigenvalue weighted by molar-refractivity contribution is 0.453. The van der Waals surface area contributed by atoms with Gasteiger partial charge in [-0.2, -0.15) is 0 Å². The van der Waals surface area contributed by atoms with Crippen LogP contribution >= 0.6 is 11.6 Å². The Bertz CT molecular complexity index is 555. The van der Waals surface area contributed by atoms with E-state index in [-0.39, 0.29) is 0 Å². The fourth-order valence-electron chi connectivity index (χ4n) is 2.05. The molecular weight excluding hydrogens is 272 g/mol. The molecule has 106 valence electrons. The van der Waals surface area contributed by atoms with Gasteiger partial charge in [0.2, 0.25) is 5.88 Å². The van der Waals surface area contributed by atoms with Crippen LogP contribution in [0.2, 0.25) is 5.15 Å². The van der Waals surface area contributed by atoms with Crippen molar-refractivity contribution < 1.29 is 4.74 Å². The highest BCUT2D eigenvalue weighted by Crippen LogP contribution is 2.28. The quantitative estimate of drug-likeness (QED) is 0.715. The molecule has 0 aliphatic carbocycles. The number of ether oxygens (including phenoxy) is 1. The third kappa shape index (κ3) is 3.70. The number of rotatable bonds is 6. The van der Waals surface area contributed by atoms with Crippen molar-refractivity contribution in [2.45, 2.75) is 39.5 Å². The highest BCUT2D eigenvalue weighted by atomic mass is 35.5. The summed E-state index contributed by atoms with van der Waals surface area (Å²) < 4.78 is 5.84. The molecule has 0 fully saturated rings. The molecule has 0 unspecified atom stereocenters. The fraction of sp³-hybridized carbons (Fsp3) is 0.375. The van der Waals surface area contributed by atoms with Crippen molar-refractivity contribution in [2.24, 2.45) is 0 Å². The van der Waals surface area contributed by atoms with Crippen LogP contribution in [-0.4, -0.2) is 9.97 Å². The van der Waals surface area contributed by atoms with Gasteiger partial charge in [-0.05, 0) is 30.5 Å². The average Bonchev–Trinajstić information content (AvgIpc) is 2.45. The van der Waals surface area contributed by atoms with Crippen LogP contribution in [0.15, 0.2) is 30.6 Å². The van der Waals surface area contributed by atoms with E-state index in [2.05, 4.69) is 35.9 Å². The zero-order chi connectivity index (χ0) is 14.4. The normalized spacial score (nSPS) is 10.6. The molecule has 0 saturated carbocycles. The summed E-state index contributed by atoms with van der Waals surface area (Å²) in [5.41, 5.74) is 2.18. The number of hydrogen-bond donors (Lipinski definition) is 0. The molecule has 0 amide bonds. The van der Waals surface area contributed by atoms with E-state index in [1.807, 2.05) is 12.1 Å². The van der Waals surface area contributed by atoms with Crippen LogP contribution in [0.4, 0.5) is 0 Å². The van der Waals surface area contributed by atoms with E-state index in [0.717, 1.165) is 37.0 Å². The number of aromatic nitrogens is 2. The summed E-state index contributed by atoms with van der Waals surface area (Å²) >= 11 is 6.11. The maximum absolute atomic E-state index is 6.11. The molecule has 0 saturated heterocycles. The summed E-state index contributed by atoms with van der Waals surface area (Å²) in [6.45, 7) is 4.26. The minimum atomic E-state index is 0.472.